The van der Waals surface area contributed by atoms with Gasteiger partial charge in [-0.15, -0.1) is 5.10 Å². The minimum Gasteiger partial charge on any atom is -0.352 e. The highest BCUT2D eigenvalue weighted by molar-refractivity contribution is 7.99. The van der Waals surface area contributed by atoms with Gasteiger partial charge in [-0.3, -0.25) is 4.79 Å². The molecule has 1 aromatic carbocycles. The summed E-state index contributed by atoms with van der Waals surface area (Å²) in [5.74, 6) is 0.0594. The molecule has 0 saturated carbocycles. The van der Waals surface area contributed by atoms with E-state index in [4.69, 9.17) is 0 Å². The second-order valence-corrected chi connectivity index (χ2v) is 9.29. The average molecular weight is 381 g/mol. The number of aromatic nitrogens is 4. The number of rotatable bonds is 5. The summed E-state index contributed by atoms with van der Waals surface area (Å²) in [6.45, 7) is 3.96. The summed E-state index contributed by atoms with van der Waals surface area (Å²) < 4.78 is 24.5. The average Bonchev–Trinajstić information content (AvgIpc) is 3.14. The molecule has 2 aromatic rings. The van der Waals surface area contributed by atoms with E-state index in [1.807, 2.05) is 32.0 Å². The number of amides is 1. The molecule has 1 aliphatic heterocycles. The van der Waals surface area contributed by atoms with Crippen LogP contribution in [0.5, 0.6) is 0 Å². The topological polar surface area (TPSA) is 107 Å². The maximum Gasteiger partial charge on any atom is 0.230 e. The Morgan fingerprint density at radius 2 is 2.20 bits per heavy atom. The van der Waals surface area contributed by atoms with E-state index < -0.39 is 9.84 Å². The summed E-state index contributed by atoms with van der Waals surface area (Å²) in [4.78, 5) is 12.1. The number of aryl methyl sites for hydroxylation is 2. The van der Waals surface area contributed by atoms with Crippen molar-refractivity contribution in [1.82, 2.24) is 25.5 Å². The second kappa shape index (κ2) is 7.12. The Bertz CT molecular complexity index is 894. The number of tetrazole rings is 1. The van der Waals surface area contributed by atoms with Gasteiger partial charge in [0, 0.05) is 6.04 Å². The van der Waals surface area contributed by atoms with Crippen molar-refractivity contribution in [3.8, 4) is 5.69 Å². The van der Waals surface area contributed by atoms with Crippen LogP contribution in [0.15, 0.2) is 23.4 Å². The van der Waals surface area contributed by atoms with Gasteiger partial charge in [-0.1, -0.05) is 23.9 Å². The van der Waals surface area contributed by atoms with Crippen LogP contribution in [0.1, 0.15) is 17.5 Å². The SMILES string of the molecule is Cc1ccc(C)c(-n2nnnc2SCC(=O)NC2CCS(=O)(=O)C2)c1. The molecule has 134 valence electrons. The standard InChI is InChI=1S/C15H19N5O3S2/c1-10-3-4-11(2)13(7-10)20-15(17-18-19-20)24-8-14(21)16-12-5-6-25(22,23)9-12/h3-4,7,12H,5-6,8-9H2,1-2H3,(H,16,21). The van der Waals surface area contributed by atoms with Gasteiger partial charge in [-0.2, -0.15) is 4.68 Å². The smallest absolute Gasteiger partial charge is 0.230 e. The van der Waals surface area contributed by atoms with Crippen molar-refractivity contribution in [1.29, 1.82) is 0 Å². The first kappa shape index (κ1) is 17.9. The van der Waals surface area contributed by atoms with Crippen LogP contribution in [0.25, 0.3) is 5.69 Å². The number of nitrogens with zero attached hydrogens (tertiary/aromatic N) is 4. The molecular formula is C15H19N5O3S2. The van der Waals surface area contributed by atoms with Gasteiger partial charge in [0.1, 0.15) is 0 Å². The number of hydrogen-bond donors (Lipinski definition) is 1. The fourth-order valence-electron chi connectivity index (χ4n) is 2.68. The third-order valence-electron chi connectivity index (χ3n) is 3.96. The van der Waals surface area contributed by atoms with Crippen LogP contribution in [0, 0.1) is 13.8 Å². The Balaban J connectivity index is 1.64. The van der Waals surface area contributed by atoms with E-state index in [1.165, 1.54) is 11.8 Å². The molecule has 25 heavy (non-hydrogen) atoms. The first-order valence-corrected chi connectivity index (χ1v) is 10.6. The van der Waals surface area contributed by atoms with E-state index in [2.05, 4.69) is 20.8 Å². The van der Waals surface area contributed by atoms with E-state index in [-0.39, 0.29) is 29.2 Å². The predicted molar refractivity (Wildman–Crippen MR) is 94.6 cm³/mol. The molecule has 8 nitrogen and oxygen atoms in total. The summed E-state index contributed by atoms with van der Waals surface area (Å²) in [5.41, 5.74) is 2.99. The summed E-state index contributed by atoms with van der Waals surface area (Å²) in [7, 11) is -3.01. The van der Waals surface area contributed by atoms with Crippen molar-refractivity contribution in [3.63, 3.8) is 0 Å². The number of benzene rings is 1. The molecule has 1 saturated heterocycles. The summed E-state index contributed by atoms with van der Waals surface area (Å²) in [6.07, 6.45) is 0.471. The largest absolute Gasteiger partial charge is 0.352 e. The van der Waals surface area contributed by atoms with Gasteiger partial charge in [0.05, 0.1) is 22.9 Å². The van der Waals surface area contributed by atoms with Gasteiger partial charge in [0.15, 0.2) is 9.84 Å². The molecule has 1 amide bonds. The number of carbonyl (C=O) groups is 1. The van der Waals surface area contributed by atoms with Gasteiger partial charge in [-0.05, 0) is 47.9 Å². The van der Waals surface area contributed by atoms with E-state index in [0.717, 1.165) is 16.8 Å². The highest BCUT2D eigenvalue weighted by Crippen LogP contribution is 2.21. The molecule has 1 aliphatic rings. The Hall–Kier alpha value is -1.94. The molecule has 3 rings (SSSR count). The molecule has 0 bridgehead atoms. The lowest BCUT2D eigenvalue weighted by molar-refractivity contribution is -0.119. The number of nitrogens with one attached hydrogen (secondary N) is 1. The van der Waals surface area contributed by atoms with E-state index in [0.29, 0.717) is 11.6 Å². The van der Waals surface area contributed by atoms with Crippen LogP contribution in [0.4, 0.5) is 0 Å². The Labute approximate surface area is 150 Å². The molecule has 10 heteroatoms. The number of sulfone groups is 1. The maximum absolute atomic E-state index is 12.1. The molecule has 0 radical (unpaired) electrons. The van der Waals surface area contributed by atoms with Crippen LogP contribution in [-0.2, 0) is 14.6 Å². The summed E-state index contributed by atoms with van der Waals surface area (Å²) >= 11 is 1.22. The van der Waals surface area contributed by atoms with Crippen LogP contribution < -0.4 is 5.32 Å². The van der Waals surface area contributed by atoms with Crippen molar-refractivity contribution in [2.75, 3.05) is 17.3 Å². The maximum atomic E-state index is 12.1. The van der Waals surface area contributed by atoms with E-state index in [1.54, 1.807) is 4.68 Å². The zero-order valence-electron chi connectivity index (χ0n) is 14.0. The molecule has 2 heterocycles. The molecule has 1 aromatic heterocycles. The lowest BCUT2D eigenvalue weighted by atomic mass is 10.1. The van der Waals surface area contributed by atoms with Gasteiger partial charge < -0.3 is 5.32 Å². The van der Waals surface area contributed by atoms with Crippen LogP contribution in [0.2, 0.25) is 0 Å². The van der Waals surface area contributed by atoms with Gasteiger partial charge in [0.25, 0.3) is 0 Å². The lowest BCUT2D eigenvalue weighted by Crippen LogP contribution is -2.36. The van der Waals surface area contributed by atoms with Crippen LogP contribution in [0.3, 0.4) is 0 Å². The third-order valence-corrected chi connectivity index (χ3v) is 6.65. The number of carbonyl (C=O) groups excluding carboxylic acids is 1. The highest BCUT2D eigenvalue weighted by atomic mass is 32.2. The molecular weight excluding hydrogens is 362 g/mol. The zero-order valence-corrected chi connectivity index (χ0v) is 15.6. The zero-order chi connectivity index (χ0) is 18.0. The molecule has 1 fully saturated rings. The van der Waals surface area contributed by atoms with Gasteiger partial charge in [-0.25, -0.2) is 8.42 Å². The monoisotopic (exact) mass is 381 g/mol. The first-order chi connectivity index (χ1) is 11.8. The molecule has 0 spiro atoms. The Morgan fingerprint density at radius 3 is 2.92 bits per heavy atom. The van der Waals surface area contributed by atoms with Crippen molar-refractivity contribution < 1.29 is 13.2 Å². The summed E-state index contributed by atoms with van der Waals surface area (Å²) in [5, 5.41) is 15.0. The number of hydrogen-bond acceptors (Lipinski definition) is 7. The Kier molecular flexibility index (Phi) is 5.09. The van der Waals surface area contributed by atoms with Crippen molar-refractivity contribution >= 4 is 27.5 Å². The highest BCUT2D eigenvalue weighted by Gasteiger charge is 2.28. The van der Waals surface area contributed by atoms with Crippen LogP contribution in [-0.4, -0.2) is 57.8 Å². The van der Waals surface area contributed by atoms with E-state index >= 15 is 0 Å². The minimum atomic E-state index is -3.01. The quantitative estimate of drug-likeness (QED) is 0.759. The predicted octanol–water partition coefficient (Wildman–Crippen LogP) is 0.675. The number of thioether (sulfide) groups is 1. The van der Waals surface area contributed by atoms with Crippen molar-refractivity contribution in [2.45, 2.75) is 31.5 Å². The Morgan fingerprint density at radius 1 is 1.40 bits per heavy atom. The fraction of sp³-hybridized carbons (Fsp3) is 0.467. The van der Waals surface area contributed by atoms with Gasteiger partial charge >= 0.3 is 0 Å². The fourth-order valence-corrected chi connectivity index (χ4v) is 5.04. The third kappa shape index (κ3) is 4.37. The van der Waals surface area contributed by atoms with Crippen molar-refractivity contribution in [2.24, 2.45) is 0 Å². The van der Waals surface area contributed by atoms with E-state index in [9.17, 15) is 13.2 Å². The molecule has 1 atom stereocenters. The van der Waals surface area contributed by atoms with Crippen LogP contribution >= 0.6 is 11.8 Å². The second-order valence-electron chi connectivity index (χ2n) is 6.12. The first-order valence-electron chi connectivity index (χ1n) is 7.83. The molecule has 0 aliphatic carbocycles. The lowest BCUT2D eigenvalue weighted by Gasteiger charge is -2.11. The normalized spacial score (nSPS) is 19.0. The van der Waals surface area contributed by atoms with Gasteiger partial charge in [0.2, 0.25) is 11.1 Å². The van der Waals surface area contributed by atoms with Crippen molar-refractivity contribution in [3.05, 3.63) is 29.3 Å². The summed E-state index contributed by atoms with van der Waals surface area (Å²) in [6, 6.07) is 5.69. The minimum absolute atomic E-state index is 0.0175. The molecule has 1 N–H and O–H groups in total. The molecule has 1 unspecified atom stereocenters.